The molecule has 6 nitrogen and oxygen atoms in total. The summed E-state index contributed by atoms with van der Waals surface area (Å²) in [6, 6.07) is 6.39. The van der Waals surface area contributed by atoms with E-state index in [1.54, 1.807) is 22.9 Å². The van der Waals surface area contributed by atoms with E-state index < -0.39 is 34.6 Å². The molecule has 1 aromatic rings. The van der Waals surface area contributed by atoms with E-state index in [-0.39, 0.29) is 12.4 Å². The Kier molecular flexibility index (Phi) is 5.81. The number of nitrogen functional groups attached to an aromatic ring is 1. The number of halogens is 3. The summed E-state index contributed by atoms with van der Waals surface area (Å²) in [5.41, 5.74) is 5.88. The number of para-hydroxylation sites is 2. The first-order valence-electron chi connectivity index (χ1n) is 5.81. The topological polar surface area (TPSA) is 102 Å². The maximum absolute atomic E-state index is 12.0. The third-order valence-electron chi connectivity index (χ3n) is 2.40. The summed E-state index contributed by atoms with van der Waals surface area (Å²) in [5, 5.41) is 8.69. The minimum Gasteiger partial charge on any atom is -0.490 e. The van der Waals surface area contributed by atoms with Crippen LogP contribution in [0.25, 0.3) is 0 Å². The zero-order valence-corrected chi connectivity index (χ0v) is 11.6. The van der Waals surface area contributed by atoms with Crippen molar-refractivity contribution in [1.82, 2.24) is 4.72 Å². The molecule has 0 aliphatic rings. The number of aliphatic hydroxyl groups excluding tert-OH is 1. The first-order chi connectivity index (χ1) is 9.62. The number of aliphatic hydroxyl groups is 1. The highest BCUT2D eigenvalue weighted by Crippen LogP contribution is 2.20. The van der Waals surface area contributed by atoms with Gasteiger partial charge in [-0.1, -0.05) is 12.1 Å². The molecule has 0 radical (unpaired) electrons. The highest BCUT2D eigenvalue weighted by molar-refractivity contribution is 7.89. The van der Waals surface area contributed by atoms with E-state index in [1.807, 2.05) is 0 Å². The van der Waals surface area contributed by atoms with Gasteiger partial charge < -0.3 is 15.6 Å². The minimum absolute atomic E-state index is 0.281. The molecule has 120 valence electrons. The number of sulfonamides is 1. The fourth-order valence-corrected chi connectivity index (χ4v) is 2.13. The van der Waals surface area contributed by atoms with Gasteiger partial charge in [0.2, 0.25) is 10.0 Å². The van der Waals surface area contributed by atoms with Gasteiger partial charge in [0.25, 0.3) is 0 Å². The first kappa shape index (κ1) is 17.5. The van der Waals surface area contributed by atoms with Crippen LogP contribution in [0.2, 0.25) is 0 Å². The molecular weight excluding hydrogens is 313 g/mol. The highest BCUT2D eigenvalue weighted by Gasteiger charge is 2.38. The van der Waals surface area contributed by atoms with Crippen molar-refractivity contribution in [2.45, 2.75) is 12.3 Å². The maximum atomic E-state index is 12.0. The lowest BCUT2D eigenvalue weighted by Gasteiger charge is -2.15. The number of rotatable bonds is 7. The van der Waals surface area contributed by atoms with E-state index in [2.05, 4.69) is 0 Å². The van der Waals surface area contributed by atoms with Gasteiger partial charge in [-0.3, -0.25) is 0 Å². The van der Waals surface area contributed by atoms with Gasteiger partial charge in [-0.2, -0.15) is 13.2 Å². The van der Waals surface area contributed by atoms with E-state index in [4.69, 9.17) is 15.6 Å². The van der Waals surface area contributed by atoms with Crippen LogP contribution in [0.3, 0.4) is 0 Å². The van der Waals surface area contributed by atoms with Crippen LogP contribution in [0.15, 0.2) is 24.3 Å². The van der Waals surface area contributed by atoms with Gasteiger partial charge in [0, 0.05) is 6.54 Å². The third kappa shape index (κ3) is 6.19. The second kappa shape index (κ2) is 6.96. The summed E-state index contributed by atoms with van der Waals surface area (Å²) < 4.78 is 65.7. The van der Waals surface area contributed by atoms with E-state index in [1.165, 1.54) is 6.07 Å². The lowest BCUT2D eigenvalue weighted by Crippen LogP contribution is -2.41. The molecule has 0 aliphatic heterocycles. The number of hydrogen-bond acceptors (Lipinski definition) is 5. The second-order valence-electron chi connectivity index (χ2n) is 4.11. The normalized spacial score (nSPS) is 13.9. The second-order valence-corrected chi connectivity index (χ2v) is 6.04. The Morgan fingerprint density at radius 3 is 2.52 bits per heavy atom. The minimum atomic E-state index is -4.88. The van der Waals surface area contributed by atoms with Crippen LogP contribution in [0.4, 0.5) is 18.9 Å². The van der Waals surface area contributed by atoms with Crippen LogP contribution in [-0.4, -0.2) is 44.7 Å². The van der Waals surface area contributed by atoms with E-state index in [0.29, 0.717) is 5.69 Å². The van der Waals surface area contributed by atoms with Crippen LogP contribution >= 0.6 is 0 Å². The molecule has 4 N–H and O–H groups in total. The Morgan fingerprint density at radius 1 is 1.33 bits per heavy atom. The van der Waals surface area contributed by atoms with Crippen molar-refractivity contribution in [2.24, 2.45) is 0 Å². The van der Waals surface area contributed by atoms with Crippen LogP contribution < -0.4 is 15.2 Å². The third-order valence-corrected chi connectivity index (χ3v) is 3.71. The fraction of sp³-hybridized carbons (Fsp3) is 0.455. The summed E-state index contributed by atoms with van der Waals surface area (Å²) in [5.74, 6) is -0.283. The van der Waals surface area contributed by atoms with Gasteiger partial charge in [-0.05, 0) is 12.1 Å². The monoisotopic (exact) mass is 328 g/mol. The van der Waals surface area contributed by atoms with Crippen molar-refractivity contribution in [3.63, 3.8) is 0 Å². The number of anilines is 1. The van der Waals surface area contributed by atoms with E-state index >= 15 is 0 Å². The van der Waals surface area contributed by atoms with Crippen molar-refractivity contribution in [3.8, 4) is 5.75 Å². The first-order valence-corrected chi connectivity index (χ1v) is 7.46. The van der Waals surface area contributed by atoms with Crippen molar-refractivity contribution in [2.75, 3.05) is 24.6 Å². The maximum Gasteiger partial charge on any atom is 0.415 e. The number of benzene rings is 1. The molecule has 1 rings (SSSR count). The Labute approximate surface area is 119 Å². The molecule has 1 aromatic carbocycles. The molecule has 0 bridgehead atoms. The molecule has 0 fully saturated rings. The number of nitrogens with one attached hydrogen (secondary N) is 1. The van der Waals surface area contributed by atoms with Crippen molar-refractivity contribution in [3.05, 3.63) is 24.3 Å². The van der Waals surface area contributed by atoms with E-state index in [9.17, 15) is 21.6 Å². The molecule has 1 atom stereocenters. The van der Waals surface area contributed by atoms with Gasteiger partial charge in [-0.15, -0.1) is 0 Å². The molecule has 0 aromatic heterocycles. The highest BCUT2D eigenvalue weighted by atomic mass is 32.2. The Balaban J connectivity index is 2.42. The van der Waals surface area contributed by atoms with Crippen molar-refractivity contribution in [1.29, 1.82) is 0 Å². The van der Waals surface area contributed by atoms with Crippen LogP contribution in [0, 0.1) is 0 Å². The largest absolute Gasteiger partial charge is 0.490 e. The fourth-order valence-electron chi connectivity index (χ4n) is 1.27. The summed E-state index contributed by atoms with van der Waals surface area (Å²) in [7, 11) is -4.00. The zero-order valence-electron chi connectivity index (χ0n) is 10.8. The van der Waals surface area contributed by atoms with Crippen molar-refractivity contribution >= 4 is 15.7 Å². The van der Waals surface area contributed by atoms with Gasteiger partial charge in [0.15, 0.2) is 6.10 Å². The summed E-state index contributed by atoms with van der Waals surface area (Å²) in [6.45, 7) is -1.43. The number of alkyl halides is 3. The van der Waals surface area contributed by atoms with Crippen LogP contribution in [0.5, 0.6) is 5.75 Å². The Bertz CT molecular complexity index is 563. The molecule has 0 amide bonds. The molecule has 0 aliphatic carbocycles. The quantitative estimate of drug-likeness (QED) is 0.632. The molecule has 10 heteroatoms. The predicted molar refractivity (Wildman–Crippen MR) is 70.2 cm³/mol. The average molecular weight is 328 g/mol. The molecule has 1 unspecified atom stereocenters. The molecule has 0 heterocycles. The van der Waals surface area contributed by atoms with Gasteiger partial charge in [-0.25, -0.2) is 13.1 Å². The van der Waals surface area contributed by atoms with Gasteiger partial charge in [0.05, 0.1) is 11.4 Å². The van der Waals surface area contributed by atoms with Crippen LogP contribution in [0.1, 0.15) is 0 Å². The average Bonchev–Trinajstić information content (AvgIpc) is 2.37. The lowest BCUT2D eigenvalue weighted by molar-refractivity contribution is -0.200. The molecular formula is C11H15F3N2O4S. The van der Waals surface area contributed by atoms with Crippen LogP contribution in [-0.2, 0) is 10.0 Å². The number of nitrogens with two attached hydrogens (primary N) is 1. The molecule has 0 saturated carbocycles. The Morgan fingerprint density at radius 2 is 1.95 bits per heavy atom. The summed E-state index contributed by atoms with van der Waals surface area (Å²) >= 11 is 0. The van der Waals surface area contributed by atoms with Crippen molar-refractivity contribution < 1.29 is 31.4 Å². The molecule has 0 spiro atoms. The van der Waals surface area contributed by atoms with E-state index in [0.717, 1.165) is 0 Å². The lowest BCUT2D eigenvalue weighted by atomic mass is 10.3. The SMILES string of the molecule is Nc1ccccc1OCCS(=O)(=O)NCC(O)C(F)(F)F. The van der Waals surface area contributed by atoms with Gasteiger partial charge >= 0.3 is 6.18 Å². The van der Waals surface area contributed by atoms with Gasteiger partial charge in [0.1, 0.15) is 12.4 Å². The summed E-state index contributed by atoms with van der Waals surface area (Å²) in [4.78, 5) is 0. The Hall–Kier alpha value is -1.52. The smallest absolute Gasteiger partial charge is 0.415 e. The predicted octanol–water partition coefficient (Wildman–Crippen LogP) is 0.490. The molecule has 0 saturated heterocycles. The summed E-state index contributed by atoms with van der Waals surface area (Å²) in [6.07, 6.45) is -7.63. The number of ether oxygens (including phenoxy) is 1. The number of hydrogen-bond donors (Lipinski definition) is 3. The zero-order chi connectivity index (χ0) is 16.1. The standard InChI is InChI=1S/C11H15F3N2O4S/c12-11(13,14)10(17)7-16-21(18,19)6-5-20-9-4-2-1-3-8(9)15/h1-4,10,16-17H,5-7,15H2. The molecule has 21 heavy (non-hydrogen) atoms.